The van der Waals surface area contributed by atoms with E-state index in [0.717, 1.165) is 25.7 Å². The number of fused-ring (bicyclic) bond motifs is 6. The maximum absolute atomic E-state index is 11.1. The van der Waals surface area contributed by atoms with Crippen LogP contribution in [0.2, 0.25) is 0 Å². The molecule has 2 nitrogen and oxygen atoms in total. The Morgan fingerprint density at radius 3 is 1.56 bits per heavy atom. The van der Waals surface area contributed by atoms with Crippen molar-refractivity contribution in [2.24, 2.45) is 5.92 Å². The Bertz CT molecular complexity index is 1130. The Balaban J connectivity index is -0.000000585. The van der Waals surface area contributed by atoms with Crippen LogP contribution in [0.15, 0.2) is 48.5 Å². The molecule has 1 N–H and O–H groups in total. The van der Waals surface area contributed by atoms with E-state index in [4.69, 9.17) is 5.73 Å². The standard InChI is InChI=1S/C18H13.C13H25NO.2CH3.2ClH.Si.Ti/c1-12-10-11-17-15-8-3-2-6-13(15)14-7-4-5-9-16(14)18(12)17;14-13(15)12-10-8-6-4-2-1-3-5-7-9-11-12;;;;;;/h2-9,11-12H,1H3;12H,1-11H2,(H2,14,15);2*1H3;2*1H;;/q-1;;2*-1;;;;+2/p-3. The normalized spacial score (nSPS) is 16.8. The first kappa shape index (κ1) is 42.4. The first-order valence-electron chi connectivity index (χ1n) is 12.9. The van der Waals surface area contributed by atoms with Crippen molar-refractivity contribution in [3.63, 3.8) is 0 Å². The fourth-order valence-corrected chi connectivity index (χ4v) is 5.53. The van der Waals surface area contributed by atoms with E-state index in [2.05, 4.69) is 67.6 Å². The van der Waals surface area contributed by atoms with Gasteiger partial charge in [0.15, 0.2) is 0 Å². The Morgan fingerprint density at radius 2 is 1.10 bits per heavy atom. The van der Waals surface area contributed by atoms with Gasteiger partial charge < -0.3 is 50.2 Å². The van der Waals surface area contributed by atoms with Gasteiger partial charge in [-0.3, -0.25) is 6.08 Å². The van der Waals surface area contributed by atoms with Gasteiger partial charge in [-0.05, 0) is 29.0 Å². The summed E-state index contributed by atoms with van der Waals surface area (Å²) in [4.78, 5) is 11.1. The van der Waals surface area contributed by atoms with Crippen LogP contribution in [0, 0.1) is 26.8 Å². The Kier molecular flexibility index (Phi) is 23.5. The molecule has 5 rings (SSSR count). The van der Waals surface area contributed by atoms with Gasteiger partial charge in [0.25, 0.3) is 0 Å². The average Bonchev–Trinajstić information content (AvgIpc) is 3.22. The largest absolute Gasteiger partial charge is 2.00 e. The molecular weight excluding hydrogens is 573 g/mol. The second kappa shape index (κ2) is 21.6. The molecule has 0 saturated heterocycles. The molecule has 0 aliphatic heterocycles. The number of amides is 1. The quantitative estimate of drug-likeness (QED) is 0.232. The van der Waals surface area contributed by atoms with Crippen molar-refractivity contribution in [1.29, 1.82) is 0 Å². The number of rotatable bonds is 1. The average molecular weight is 617 g/mol. The molecule has 3 aromatic carbocycles. The maximum atomic E-state index is 11.1. The van der Waals surface area contributed by atoms with Gasteiger partial charge in [0, 0.05) is 16.9 Å². The zero-order chi connectivity index (χ0) is 23.0. The topological polar surface area (TPSA) is 40.9 Å². The first-order chi connectivity index (χ1) is 16.2. The van der Waals surface area contributed by atoms with E-state index in [1.165, 1.54) is 77.6 Å². The Morgan fingerprint density at radius 1 is 0.718 bits per heavy atom. The van der Waals surface area contributed by atoms with Crippen LogP contribution in [-0.2, 0) is 26.5 Å². The van der Waals surface area contributed by atoms with Gasteiger partial charge in [0.2, 0.25) is 0 Å². The molecule has 3 aromatic rings. The zero-order valence-corrected chi connectivity index (χ0v) is 27.9. The van der Waals surface area contributed by atoms with Crippen LogP contribution in [0.5, 0.6) is 0 Å². The molecular formula is C33H43Cl2NOSiTi-4. The van der Waals surface area contributed by atoms with Gasteiger partial charge in [-0.1, -0.05) is 125 Å². The number of allylic oxidation sites excluding steroid dienone is 1. The van der Waals surface area contributed by atoms with Crippen LogP contribution in [0.1, 0.15) is 94.6 Å². The van der Waals surface area contributed by atoms with Crippen LogP contribution < -0.4 is 24.8 Å². The van der Waals surface area contributed by atoms with Crippen molar-refractivity contribution in [3.05, 3.63) is 86.3 Å². The third-order valence-corrected chi connectivity index (χ3v) is 7.40. The molecule has 6 heteroatoms. The fraction of sp³-hybridized carbons (Fsp3) is 0.424. The van der Waals surface area contributed by atoms with Gasteiger partial charge in [-0.25, -0.2) is 6.08 Å². The number of halogens is 2. The van der Waals surface area contributed by atoms with Gasteiger partial charge in [-0.2, -0.15) is 5.56 Å². The molecule has 4 radical (unpaired) electrons. The van der Waals surface area contributed by atoms with Crippen LogP contribution in [0.4, 0.5) is 0 Å². The minimum absolute atomic E-state index is 0. The summed E-state index contributed by atoms with van der Waals surface area (Å²) in [5.41, 5.74) is 10.0. The molecule has 1 unspecified atom stereocenters. The smallest absolute Gasteiger partial charge is 1.00 e. The third-order valence-electron chi connectivity index (χ3n) is 7.40. The van der Waals surface area contributed by atoms with E-state index in [9.17, 15) is 4.79 Å². The molecule has 212 valence electrons. The van der Waals surface area contributed by atoms with E-state index in [-0.39, 0.29) is 84.2 Å². The fourth-order valence-electron chi connectivity index (χ4n) is 5.53. The first-order valence-corrected chi connectivity index (χ1v) is 12.9. The van der Waals surface area contributed by atoms with E-state index in [1.807, 2.05) is 0 Å². The van der Waals surface area contributed by atoms with Crippen molar-refractivity contribution in [2.75, 3.05) is 0 Å². The third kappa shape index (κ3) is 11.0. The molecule has 0 spiro atoms. The predicted molar refractivity (Wildman–Crippen MR) is 160 cm³/mol. The number of carbonyl (C=O) groups excluding carboxylic acids is 1. The zero-order valence-electron chi connectivity index (χ0n) is 23.8. The molecule has 1 atom stereocenters. The monoisotopic (exact) mass is 615 g/mol. The van der Waals surface area contributed by atoms with E-state index >= 15 is 0 Å². The van der Waals surface area contributed by atoms with Gasteiger partial charge in [-0.15, -0.1) is 5.56 Å². The summed E-state index contributed by atoms with van der Waals surface area (Å²) in [6.07, 6.45) is 19.1. The van der Waals surface area contributed by atoms with Crippen molar-refractivity contribution < 1.29 is 51.3 Å². The van der Waals surface area contributed by atoms with Crippen LogP contribution in [0.25, 0.3) is 33.4 Å². The van der Waals surface area contributed by atoms with Gasteiger partial charge >= 0.3 is 21.7 Å². The van der Waals surface area contributed by atoms with Crippen molar-refractivity contribution >= 4 is 44.5 Å². The van der Waals surface area contributed by atoms with Crippen LogP contribution >= 0.6 is 0 Å². The van der Waals surface area contributed by atoms with Crippen molar-refractivity contribution in [2.45, 2.75) is 83.5 Å². The molecule has 0 heterocycles. The van der Waals surface area contributed by atoms with Crippen molar-refractivity contribution in [3.8, 4) is 0 Å². The summed E-state index contributed by atoms with van der Waals surface area (Å²) < 4.78 is 0. The van der Waals surface area contributed by atoms with Gasteiger partial charge in [0.1, 0.15) is 0 Å². The van der Waals surface area contributed by atoms with E-state index in [1.54, 1.807) is 0 Å². The van der Waals surface area contributed by atoms with Crippen LogP contribution in [0.3, 0.4) is 0 Å². The summed E-state index contributed by atoms with van der Waals surface area (Å²) in [7, 11) is 0. The SMILES string of the molecule is CC1[C-]=Cc2c1c1ccccc1c1ccccc21.[CH3-].[CH3-].[Cl-].[Cl-].[NH-]C(=O)C1CCCCCCCCCCC1.[Si].[Ti+2]. The molecule has 1 saturated carbocycles. The summed E-state index contributed by atoms with van der Waals surface area (Å²) in [6, 6.07) is 17.4. The molecule has 39 heavy (non-hydrogen) atoms. The summed E-state index contributed by atoms with van der Waals surface area (Å²) in [5.74, 6) is 0.117. The minimum Gasteiger partial charge on any atom is -1.00 e. The molecule has 1 amide bonds. The number of hydrogen-bond acceptors (Lipinski definition) is 1. The Hall–Kier alpha value is -1.10. The second-order valence-corrected chi connectivity index (χ2v) is 9.77. The van der Waals surface area contributed by atoms with E-state index in [0.29, 0.717) is 5.92 Å². The molecule has 0 aromatic heterocycles. The number of nitrogens with one attached hydrogen (secondary N) is 1. The molecule has 0 bridgehead atoms. The number of hydrogen-bond donors (Lipinski definition) is 0. The van der Waals surface area contributed by atoms with Crippen LogP contribution in [-0.4, -0.2) is 16.9 Å². The van der Waals surface area contributed by atoms with Crippen molar-refractivity contribution in [1.82, 2.24) is 0 Å². The Labute approximate surface area is 270 Å². The van der Waals surface area contributed by atoms with E-state index < -0.39 is 0 Å². The maximum Gasteiger partial charge on any atom is 2.00 e. The second-order valence-electron chi connectivity index (χ2n) is 9.77. The summed E-state index contributed by atoms with van der Waals surface area (Å²) >= 11 is 0. The molecule has 2 aliphatic carbocycles. The number of benzene rings is 3. The molecule has 1 fully saturated rings. The number of carbonyl (C=O) groups is 1. The van der Waals surface area contributed by atoms with Gasteiger partial charge in [0.05, 0.1) is 5.91 Å². The summed E-state index contributed by atoms with van der Waals surface area (Å²) in [6.45, 7) is 2.23. The summed E-state index contributed by atoms with van der Waals surface area (Å²) in [5, 5.41) is 5.43. The predicted octanol–water partition coefficient (Wildman–Crippen LogP) is 3.94. The minimum atomic E-state index is -0.327. The molecule has 2 aliphatic rings.